The summed E-state index contributed by atoms with van der Waals surface area (Å²) in [4.78, 5) is 9.87. The molecule has 0 spiro atoms. The number of carboxylic acid groups (broad SMARTS) is 1. The molecule has 0 heterocycles. The molecule has 0 aromatic rings. The molecule has 13 heavy (non-hydrogen) atoms. The second-order valence-corrected chi connectivity index (χ2v) is 4.01. The van der Waals surface area contributed by atoms with Gasteiger partial charge in [-0.15, -0.1) is 0 Å². The van der Waals surface area contributed by atoms with Crippen LogP contribution in [0, 0.1) is 5.92 Å². The van der Waals surface area contributed by atoms with E-state index in [0.717, 1.165) is 5.92 Å². The van der Waals surface area contributed by atoms with E-state index in [-0.39, 0.29) is 0 Å². The summed E-state index contributed by atoms with van der Waals surface area (Å²) >= 11 is 0. The van der Waals surface area contributed by atoms with E-state index >= 15 is 0 Å². The summed E-state index contributed by atoms with van der Waals surface area (Å²) < 4.78 is 0. The Bertz CT molecular complexity index is 120. The maximum Gasteiger partial charge on any atom is 0.0795 e. The highest BCUT2D eigenvalue weighted by atomic mass is 16.3. The molecular formula is C10H21NO2. The number of carbonyl (C=O) groups excluding carboxylic acids is 1. The Kier molecular flexibility index (Phi) is 7.69. The molecule has 0 aliphatic heterocycles. The Labute approximate surface area is 80.7 Å². The van der Waals surface area contributed by atoms with Gasteiger partial charge < -0.3 is 14.8 Å². The molecule has 3 nitrogen and oxygen atoms in total. The largest absolute Gasteiger partial charge is 0.554 e. The third kappa shape index (κ3) is 7.78. The molecule has 78 valence electrons. The molecule has 0 bridgehead atoms. The number of nitrogens with one attached hydrogen (secondary N) is 1. The number of rotatable bonds is 2. The number of hydrogen-bond donors (Lipinski definition) is 1. The van der Waals surface area contributed by atoms with Gasteiger partial charge in [0.05, 0.1) is 20.6 Å². The zero-order chi connectivity index (χ0) is 10.1. The summed E-state index contributed by atoms with van der Waals surface area (Å²) in [7, 11) is 4.52. The van der Waals surface area contributed by atoms with E-state index in [1.165, 1.54) is 38.6 Å². The average Bonchev–Trinajstić information content (AvgIpc) is 2.06. The summed E-state index contributed by atoms with van der Waals surface area (Å²) in [6.45, 7) is 0.889. The van der Waals surface area contributed by atoms with E-state index in [9.17, 15) is 0 Å². The van der Waals surface area contributed by atoms with Crippen molar-refractivity contribution >= 4 is 6.47 Å². The first-order valence-corrected chi connectivity index (χ1v) is 5.05. The van der Waals surface area contributed by atoms with E-state index in [1.807, 2.05) is 0 Å². The third-order valence-corrected chi connectivity index (χ3v) is 2.42. The van der Waals surface area contributed by atoms with Gasteiger partial charge in [-0.2, -0.15) is 0 Å². The molecule has 0 amide bonds. The first-order chi connectivity index (χ1) is 6.20. The van der Waals surface area contributed by atoms with E-state index in [2.05, 4.69) is 14.1 Å². The zero-order valence-corrected chi connectivity index (χ0v) is 8.71. The van der Waals surface area contributed by atoms with Crippen LogP contribution in [0.2, 0.25) is 0 Å². The van der Waals surface area contributed by atoms with Gasteiger partial charge in [-0.25, -0.2) is 0 Å². The molecule has 3 heteroatoms. The van der Waals surface area contributed by atoms with Crippen molar-refractivity contribution < 1.29 is 14.8 Å². The SMILES string of the molecule is C[NH+](C)CC1CCCCC1.O=C[O-]. The molecule has 0 unspecified atom stereocenters. The summed E-state index contributed by atoms with van der Waals surface area (Å²) in [6.07, 6.45) is 7.44. The van der Waals surface area contributed by atoms with Crippen LogP contribution in [-0.4, -0.2) is 27.1 Å². The van der Waals surface area contributed by atoms with Crippen molar-refractivity contribution in [2.24, 2.45) is 5.92 Å². The van der Waals surface area contributed by atoms with Crippen LogP contribution in [0.5, 0.6) is 0 Å². The summed E-state index contributed by atoms with van der Waals surface area (Å²) in [5.41, 5.74) is 0. The Morgan fingerprint density at radius 3 is 2.15 bits per heavy atom. The molecule has 1 aliphatic carbocycles. The highest BCUT2D eigenvalue weighted by Crippen LogP contribution is 2.21. The van der Waals surface area contributed by atoms with Crippen LogP contribution in [0.1, 0.15) is 32.1 Å². The molecule has 0 atom stereocenters. The Balaban J connectivity index is 0.000000424. The first-order valence-electron chi connectivity index (χ1n) is 5.05. The summed E-state index contributed by atoms with van der Waals surface area (Å²) in [5.74, 6) is 1.04. The molecule has 1 fully saturated rings. The predicted octanol–water partition coefficient (Wildman–Crippen LogP) is -0.923. The molecular weight excluding hydrogens is 166 g/mol. The predicted molar refractivity (Wildman–Crippen MR) is 50.3 cm³/mol. The lowest BCUT2D eigenvalue weighted by molar-refractivity contribution is -0.862. The van der Waals surface area contributed by atoms with Gasteiger partial charge in [0.1, 0.15) is 0 Å². The Morgan fingerprint density at radius 1 is 1.31 bits per heavy atom. The van der Waals surface area contributed by atoms with Crippen molar-refractivity contribution in [3.8, 4) is 0 Å². The molecule has 1 rings (SSSR count). The van der Waals surface area contributed by atoms with Gasteiger partial charge in [-0.05, 0) is 12.8 Å². The molecule has 1 saturated carbocycles. The van der Waals surface area contributed by atoms with E-state index in [0.29, 0.717) is 0 Å². The van der Waals surface area contributed by atoms with Crippen LogP contribution in [0.3, 0.4) is 0 Å². The lowest BCUT2D eigenvalue weighted by atomic mass is 9.89. The highest BCUT2D eigenvalue weighted by Gasteiger charge is 2.15. The monoisotopic (exact) mass is 187 g/mol. The van der Waals surface area contributed by atoms with Crippen molar-refractivity contribution in [2.45, 2.75) is 32.1 Å². The fourth-order valence-corrected chi connectivity index (χ4v) is 1.97. The fourth-order valence-electron chi connectivity index (χ4n) is 1.97. The average molecular weight is 187 g/mol. The third-order valence-electron chi connectivity index (χ3n) is 2.42. The molecule has 1 N–H and O–H groups in total. The van der Waals surface area contributed by atoms with Crippen LogP contribution in [-0.2, 0) is 4.79 Å². The maximum absolute atomic E-state index is 8.25. The van der Waals surface area contributed by atoms with E-state index in [1.54, 1.807) is 4.90 Å². The van der Waals surface area contributed by atoms with Gasteiger partial charge in [0, 0.05) is 12.4 Å². The second kappa shape index (κ2) is 8.05. The molecule has 1 aliphatic rings. The van der Waals surface area contributed by atoms with Crippen molar-refractivity contribution in [3.63, 3.8) is 0 Å². The van der Waals surface area contributed by atoms with Gasteiger partial charge in [-0.1, -0.05) is 19.3 Å². The minimum atomic E-state index is -0.500. The molecule has 0 aromatic carbocycles. The summed E-state index contributed by atoms with van der Waals surface area (Å²) in [5, 5.41) is 8.25. The van der Waals surface area contributed by atoms with Crippen molar-refractivity contribution in [1.82, 2.24) is 0 Å². The van der Waals surface area contributed by atoms with E-state index < -0.39 is 6.47 Å². The van der Waals surface area contributed by atoms with Gasteiger partial charge in [0.25, 0.3) is 0 Å². The van der Waals surface area contributed by atoms with Crippen LogP contribution in [0.4, 0.5) is 0 Å². The number of quaternary nitrogens is 1. The fraction of sp³-hybridized carbons (Fsp3) is 0.900. The van der Waals surface area contributed by atoms with Crippen LogP contribution < -0.4 is 10.0 Å². The lowest BCUT2D eigenvalue weighted by Gasteiger charge is -2.22. The summed E-state index contributed by atoms with van der Waals surface area (Å²) in [6, 6.07) is 0. The molecule has 0 aromatic heterocycles. The number of carbonyl (C=O) groups is 1. The van der Waals surface area contributed by atoms with Crippen LogP contribution in [0.15, 0.2) is 0 Å². The zero-order valence-electron chi connectivity index (χ0n) is 8.71. The van der Waals surface area contributed by atoms with Gasteiger partial charge in [0.2, 0.25) is 0 Å². The van der Waals surface area contributed by atoms with Crippen molar-refractivity contribution in [3.05, 3.63) is 0 Å². The minimum Gasteiger partial charge on any atom is -0.554 e. The van der Waals surface area contributed by atoms with E-state index in [4.69, 9.17) is 9.90 Å². The Morgan fingerprint density at radius 2 is 1.77 bits per heavy atom. The first kappa shape index (κ1) is 12.4. The highest BCUT2D eigenvalue weighted by molar-refractivity contribution is 5.29. The Hall–Kier alpha value is -0.570. The maximum atomic E-state index is 8.25. The second-order valence-electron chi connectivity index (χ2n) is 4.01. The van der Waals surface area contributed by atoms with Gasteiger partial charge >= 0.3 is 0 Å². The van der Waals surface area contributed by atoms with Gasteiger partial charge in [0.15, 0.2) is 0 Å². The standard InChI is InChI=1S/C9H19N.CH2O2/c1-10(2)8-9-6-4-3-5-7-9;2-1-3/h9H,3-8H2,1-2H3;1H,(H,2,3). The quantitative estimate of drug-likeness (QED) is 0.568. The molecule has 0 saturated heterocycles. The smallest absolute Gasteiger partial charge is 0.0795 e. The minimum absolute atomic E-state index is 0.500. The van der Waals surface area contributed by atoms with Crippen molar-refractivity contribution in [1.29, 1.82) is 0 Å². The normalized spacial score (nSPS) is 17.8. The van der Waals surface area contributed by atoms with Crippen LogP contribution in [0.25, 0.3) is 0 Å². The number of hydrogen-bond acceptors (Lipinski definition) is 2. The van der Waals surface area contributed by atoms with Gasteiger partial charge in [-0.3, -0.25) is 0 Å². The van der Waals surface area contributed by atoms with Crippen molar-refractivity contribution in [2.75, 3.05) is 20.6 Å². The lowest BCUT2D eigenvalue weighted by Crippen LogP contribution is -3.06. The topological polar surface area (TPSA) is 44.6 Å². The molecule has 0 radical (unpaired) electrons. The van der Waals surface area contributed by atoms with Crippen LogP contribution >= 0.6 is 0 Å².